The Balaban J connectivity index is 1.62. The van der Waals surface area contributed by atoms with Gasteiger partial charge in [0.1, 0.15) is 12.4 Å². The average molecular weight is 286 g/mol. The number of aromatic nitrogens is 2. The lowest BCUT2D eigenvalue weighted by Crippen LogP contribution is -2.43. The third kappa shape index (κ3) is 3.55. The molecule has 2 aromatic rings. The van der Waals surface area contributed by atoms with Gasteiger partial charge in [-0.05, 0) is 19.1 Å². The minimum absolute atomic E-state index is 0.561. The molecule has 21 heavy (non-hydrogen) atoms. The summed E-state index contributed by atoms with van der Waals surface area (Å²) in [6.45, 7) is 7.71. The van der Waals surface area contributed by atoms with Crippen LogP contribution in [0.1, 0.15) is 12.5 Å². The first-order valence-corrected chi connectivity index (χ1v) is 7.55. The van der Waals surface area contributed by atoms with Crippen molar-refractivity contribution in [2.24, 2.45) is 0 Å². The zero-order valence-electron chi connectivity index (χ0n) is 12.5. The predicted octanol–water partition coefficient (Wildman–Crippen LogP) is 1.89. The Bertz CT molecular complexity index is 575. The third-order valence-corrected chi connectivity index (χ3v) is 3.72. The van der Waals surface area contributed by atoms with Crippen LogP contribution in [0, 0.1) is 0 Å². The first-order valence-electron chi connectivity index (χ1n) is 7.55. The lowest BCUT2D eigenvalue weighted by molar-refractivity contribution is 0.306. The van der Waals surface area contributed by atoms with Crippen molar-refractivity contribution >= 4 is 5.69 Å². The molecule has 2 heterocycles. The maximum absolute atomic E-state index is 5.89. The number of piperazine rings is 1. The standard InChI is InChI=1S/C16H22N4O/c1-2-20-12-14(11-18-20)13-21-16-5-3-4-15(10-16)19-8-6-17-7-9-19/h3-5,10-12,17H,2,6-9,13H2,1H3. The molecule has 5 heteroatoms. The summed E-state index contributed by atoms with van der Waals surface area (Å²) >= 11 is 0. The minimum Gasteiger partial charge on any atom is -0.489 e. The number of nitrogens with one attached hydrogen (secondary N) is 1. The highest BCUT2D eigenvalue weighted by Crippen LogP contribution is 2.22. The molecule has 5 nitrogen and oxygen atoms in total. The molecule has 1 aliphatic heterocycles. The molecule has 1 aromatic carbocycles. The van der Waals surface area contributed by atoms with E-state index in [1.54, 1.807) is 0 Å². The van der Waals surface area contributed by atoms with Crippen LogP contribution < -0.4 is 15.0 Å². The van der Waals surface area contributed by atoms with Crippen molar-refractivity contribution < 1.29 is 4.74 Å². The highest BCUT2D eigenvalue weighted by Gasteiger charge is 2.10. The first kappa shape index (κ1) is 13.9. The quantitative estimate of drug-likeness (QED) is 0.911. The van der Waals surface area contributed by atoms with Gasteiger partial charge in [0.05, 0.1) is 6.20 Å². The fraction of sp³-hybridized carbons (Fsp3) is 0.438. The molecule has 1 saturated heterocycles. The van der Waals surface area contributed by atoms with E-state index in [0.29, 0.717) is 6.61 Å². The molecule has 0 atom stereocenters. The molecule has 112 valence electrons. The number of anilines is 1. The van der Waals surface area contributed by atoms with E-state index >= 15 is 0 Å². The van der Waals surface area contributed by atoms with Crippen LogP contribution in [0.5, 0.6) is 5.75 Å². The van der Waals surface area contributed by atoms with Gasteiger partial charge in [-0.25, -0.2) is 0 Å². The monoisotopic (exact) mass is 286 g/mol. The number of nitrogens with zero attached hydrogens (tertiary/aromatic N) is 3. The van der Waals surface area contributed by atoms with Gasteiger partial charge >= 0.3 is 0 Å². The summed E-state index contributed by atoms with van der Waals surface area (Å²) in [7, 11) is 0. The van der Waals surface area contributed by atoms with Crippen LogP contribution in [-0.4, -0.2) is 36.0 Å². The lowest BCUT2D eigenvalue weighted by atomic mass is 10.2. The van der Waals surface area contributed by atoms with Crippen LogP contribution in [0.15, 0.2) is 36.7 Å². The van der Waals surface area contributed by atoms with Gasteiger partial charge in [0.2, 0.25) is 0 Å². The molecule has 0 bridgehead atoms. The van der Waals surface area contributed by atoms with Gasteiger partial charge in [0, 0.05) is 56.2 Å². The van der Waals surface area contributed by atoms with Crippen LogP contribution in [0.2, 0.25) is 0 Å². The van der Waals surface area contributed by atoms with Crippen LogP contribution in [0.3, 0.4) is 0 Å². The topological polar surface area (TPSA) is 42.3 Å². The molecule has 0 unspecified atom stereocenters. The van der Waals surface area contributed by atoms with E-state index in [1.807, 2.05) is 23.1 Å². The normalized spacial score (nSPS) is 15.2. The van der Waals surface area contributed by atoms with E-state index in [2.05, 4.69) is 40.4 Å². The van der Waals surface area contributed by atoms with Crippen molar-refractivity contribution in [3.05, 3.63) is 42.2 Å². The summed E-state index contributed by atoms with van der Waals surface area (Å²) in [5.41, 5.74) is 2.34. The molecule has 0 amide bonds. The minimum atomic E-state index is 0.561. The SMILES string of the molecule is CCn1cc(COc2cccc(N3CCNCC3)c2)cn1. The van der Waals surface area contributed by atoms with Gasteiger partial charge in [-0.1, -0.05) is 6.07 Å². The van der Waals surface area contributed by atoms with Crippen LogP contribution >= 0.6 is 0 Å². The summed E-state index contributed by atoms with van der Waals surface area (Å²) in [4.78, 5) is 2.39. The van der Waals surface area contributed by atoms with Crippen molar-refractivity contribution in [2.45, 2.75) is 20.1 Å². The number of benzene rings is 1. The van der Waals surface area contributed by atoms with E-state index in [4.69, 9.17) is 4.74 Å². The Hall–Kier alpha value is -2.01. The van der Waals surface area contributed by atoms with E-state index in [1.165, 1.54) is 5.69 Å². The third-order valence-electron chi connectivity index (χ3n) is 3.72. The van der Waals surface area contributed by atoms with Crippen LogP contribution in [0.25, 0.3) is 0 Å². The summed E-state index contributed by atoms with van der Waals surface area (Å²) in [5.74, 6) is 0.912. The Morgan fingerprint density at radius 2 is 2.14 bits per heavy atom. The largest absolute Gasteiger partial charge is 0.489 e. The number of hydrogen-bond donors (Lipinski definition) is 1. The summed E-state index contributed by atoms with van der Waals surface area (Å²) in [6, 6.07) is 8.33. The maximum Gasteiger partial charge on any atom is 0.121 e. The molecule has 1 aromatic heterocycles. The number of rotatable bonds is 5. The van der Waals surface area contributed by atoms with Crippen molar-refractivity contribution in [2.75, 3.05) is 31.1 Å². The molecule has 3 rings (SSSR count). The fourth-order valence-corrected chi connectivity index (χ4v) is 2.51. The van der Waals surface area contributed by atoms with Crippen molar-refractivity contribution in [1.29, 1.82) is 0 Å². The summed E-state index contributed by atoms with van der Waals surface area (Å²) in [6.07, 6.45) is 3.89. The summed E-state index contributed by atoms with van der Waals surface area (Å²) < 4.78 is 7.80. The molecule has 0 aliphatic carbocycles. The van der Waals surface area contributed by atoms with Crippen molar-refractivity contribution in [3.8, 4) is 5.75 Å². The Morgan fingerprint density at radius 1 is 1.29 bits per heavy atom. The molecule has 1 fully saturated rings. The van der Waals surface area contributed by atoms with Gasteiger partial charge < -0.3 is 15.0 Å². The van der Waals surface area contributed by atoms with Gasteiger partial charge in [-0.15, -0.1) is 0 Å². The van der Waals surface area contributed by atoms with Gasteiger partial charge in [0.15, 0.2) is 0 Å². The van der Waals surface area contributed by atoms with E-state index in [-0.39, 0.29) is 0 Å². The molecule has 0 saturated carbocycles. The van der Waals surface area contributed by atoms with Crippen LogP contribution in [0.4, 0.5) is 5.69 Å². The Kier molecular flexibility index (Phi) is 4.40. The molecule has 0 radical (unpaired) electrons. The number of ether oxygens (including phenoxy) is 1. The highest BCUT2D eigenvalue weighted by molar-refractivity contribution is 5.51. The highest BCUT2D eigenvalue weighted by atomic mass is 16.5. The lowest BCUT2D eigenvalue weighted by Gasteiger charge is -2.29. The molecule has 0 spiro atoms. The zero-order valence-corrected chi connectivity index (χ0v) is 12.5. The van der Waals surface area contributed by atoms with Crippen molar-refractivity contribution in [3.63, 3.8) is 0 Å². The van der Waals surface area contributed by atoms with Gasteiger partial charge in [0.25, 0.3) is 0 Å². The maximum atomic E-state index is 5.89. The molecule has 1 aliphatic rings. The smallest absolute Gasteiger partial charge is 0.121 e. The number of aryl methyl sites for hydroxylation is 1. The second-order valence-electron chi connectivity index (χ2n) is 5.23. The van der Waals surface area contributed by atoms with Crippen LogP contribution in [-0.2, 0) is 13.2 Å². The van der Waals surface area contributed by atoms with E-state index < -0.39 is 0 Å². The average Bonchev–Trinajstić information content (AvgIpc) is 3.02. The zero-order chi connectivity index (χ0) is 14.5. The predicted molar refractivity (Wildman–Crippen MR) is 83.8 cm³/mol. The molecular weight excluding hydrogens is 264 g/mol. The van der Waals surface area contributed by atoms with E-state index in [0.717, 1.165) is 44.0 Å². The van der Waals surface area contributed by atoms with Crippen molar-refractivity contribution in [1.82, 2.24) is 15.1 Å². The Morgan fingerprint density at radius 3 is 2.90 bits per heavy atom. The summed E-state index contributed by atoms with van der Waals surface area (Å²) in [5, 5.41) is 7.63. The first-order chi connectivity index (χ1) is 10.3. The second kappa shape index (κ2) is 6.63. The van der Waals surface area contributed by atoms with E-state index in [9.17, 15) is 0 Å². The fourth-order valence-electron chi connectivity index (χ4n) is 2.51. The molecule has 1 N–H and O–H groups in total. The van der Waals surface area contributed by atoms with Gasteiger partial charge in [-0.3, -0.25) is 4.68 Å². The molecular formula is C16H22N4O. The Labute approximate surface area is 125 Å². The number of hydrogen-bond acceptors (Lipinski definition) is 4. The second-order valence-corrected chi connectivity index (χ2v) is 5.23. The van der Waals surface area contributed by atoms with Gasteiger partial charge in [-0.2, -0.15) is 5.10 Å².